The zero-order valence-electron chi connectivity index (χ0n) is 18.2. The van der Waals surface area contributed by atoms with E-state index in [-0.39, 0.29) is 11.4 Å². The van der Waals surface area contributed by atoms with Crippen LogP contribution in [0.2, 0.25) is 0 Å². The van der Waals surface area contributed by atoms with Crippen LogP contribution >= 0.6 is 0 Å². The number of hydrogen-bond donors (Lipinski definition) is 0. The van der Waals surface area contributed by atoms with Gasteiger partial charge in [-0.05, 0) is 53.1 Å². The summed E-state index contributed by atoms with van der Waals surface area (Å²) in [5.74, 6) is -1.74. The fraction of sp³-hybridized carbons (Fsp3) is 0.286. The Kier molecular flexibility index (Phi) is 8.11. The molecule has 3 aromatic carbocycles. The van der Waals surface area contributed by atoms with E-state index in [0.717, 1.165) is 54.4 Å². The van der Waals surface area contributed by atoms with Crippen molar-refractivity contribution in [2.24, 2.45) is 0 Å². The van der Waals surface area contributed by atoms with Gasteiger partial charge in [0, 0.05) is 5.56 Å². The summed E-state index contributed by atoms with van der Waals surface area (Å²) in [6, 6.07) is 16.3. The molecule has 0 aliphatic rings. The number of aryl methyl sites for hydroxylation is 2. The molecule has 0 N–H and O–H groups in total. The fourth-order valence-electron chi connectivity index (χ4n) is 3.66. The van der Waals surface area contributed by atoms with Crippen LogP contribution in [0.25, 0.3) is 23.3 Å². The maximum atomic E-state index is 14.4. The average molecular weight is 423 g/mol. The number of halogens is 3. The molecule has 3 rings (SSSR count). The van der Waals surface area contributed by atoms with Crippen molar-refractivity contribution in [3.63, 3.8) is 0 Å². The lowest BCUT2D eigenvalue weighted by Gasteiger charge is -2.07. The highest BCUT2D eigenvalue weighted by Crippen LogP contribution is 2.25. The van der Waals surface area contributed by atoms with Crippen molar-refractivity contribution in [2.75, 3.05) is 0 Å². The lowest BCUT2D eigenvalue weighted by molar-refractivity contribution is 0.496. The largest absolute Gasteiger partial charge is 0.207 e. The first-order valence-corrected chi connectivity index (χ1v) is 11.1. The fourth-order valence-corrected chi connectivity index (χ4v) is 3.66. The van der Waals surface area contributed by atoms with Crippen molar-refractivity contribution in [1.82, 2.24) is 0 Å². The van der Waals surface area contributed by atoms with Gasteiger partial charge in [0.1, 0.15) is 5.82 Å². The Hall–Kier alpha value is -2.81. The average Bonchev–Trinajstić information content (AvgIpc) is 2.78. The molecule has 0 radical (unpaired) electrons. The monoisotopic (exact) mass is 422 g/mol. The Bertz CT molecular complexity index is 1030. The highest BCUT2D eigenvalue weighted by atomic mass is 19.2. The van der Waals surface area contributed by atoms with Crippen molar-refractivity contribution < 1.29 is 13.2 Å². The smallest absolute Gasteiger partial charge is 0.166 e. The molecule has 31 heavy (non-hydrogen) atoms. The second-order valence-electron chi connectivity index (χ2n) is 7.91. The van der Waals surface area contributed by atoms with Crippen LogP contribution in [-0.4, -0.2) is 0 Å². The normalized spacial score (nSPS) is 11.4. The molecule has 0 fully saturated rings. The van der Waals surface area contributed by atoms with Gasteiger partial charge in [-0.1, -0.05) is 93.8 Å². The van der Waals surface area contributed by atoms with E-state index < -0.39 is 11.6 Å². The molecular weight excluding hydrogens is 393 g/mol. The Morgan fingerprint density at radius 1 is 0.645 bits per heavy atom. The van der Waals surface area contributed by atoms with Crippen molar-refractivity contribution in [1.29, 1.82) is 0 Å². The van der Waals surface area contributed by atoms with Gasteiger partial charge in [0.25, 0.3) is 0 Å². The van der Waals surface area contributed by atoms with E-state index in [0.29, 0.717) is 12.0 Å². The summed E-state index contributed by atoms with van der Waals surface area (Å²) in [5, 5.41) is 0. The molecule has 0 bridgehead atoms. The Labute approximate surface area is 183 Å². The lowest BCUT2D eigenvalue weighted by Crippen LogP contribution is -1.96. The van der Waals surface area contributed by atoms with Crippen molar-refractivity contribution in [3.05, 3.63) is 94.3 Å². The van der Waals surface area contributed by atoms with Crippen LogP contribution < -0.4 is 0 Å². The van der Waals surface area contributed by atoms with E-state index in [4.69, 9.17) is 0 Å². The predicted molar refractivity (Wildman–Crippen MR) is 124 cm³/mol. The molecule has 3 aromatic rings. The minimum absolute atomic E-state index is 0.165. The van der Waals surface area contributed by atoms with Crippen LogP contribution in [0.1, 0.15) is 61.8 Å². The van der Waals surface area contributed by atoms with Crippen LogP contribution in [0.4, 0.5) is 13.2 Å². The van der Waals surface area contributed by atoms with E-state index in [1.807, 2.05) is 43.3 Å². The van der Waals surface area contributed by atoms with Gasteiger partial charge in [-0.3, -0.25) is 0 Å². The summed E-state index contributed by atoms with van der Waals surface area (Å²) in [7, 11) is 0. The number of rotatable bonds is 9. The molecule has 0 aliphatic carbocycles. The van der Waals surface area contributed by atoms with Gasteiger partial charge in [-0.2, -0.15) is 0 Å². The van der Waals surface area contributed by atoms with Gasteiger partial charge in [-0.25, -0.2) is 13.2 Å². The Balaban J connectivity index is 1.72. The first-order valence-electron chi connectivity index (χ1n) is 11.1. The van der Waals surface area contributed by atoms with E-state index >= 15 is 0 Å². The minimum Gasteiger partial charge on any atom is -0.207 e. The van der Waals surface area contributed by atoms with Gasteiger partial charge < -0.3 is 0 Å². The van der Waals surface area contributed by atoms with Crippen LogP contribution in [0, 0.1) is 17.5 Å². The van der Waals surface area contributed by atoms with Gasteiger partial charge >= 0.3 is 0 Å². The van der Waals surface area contributed by atoms with E-state index in [1.54, 1.807) is 30.4 Å². The first kappa shape index (κ1) is 22.9. The van der Waals surface area contributed by atoms with Gasteiger partial charge in [0.05, 0.1) is 0 Å². The third kappa shape index (κ3) is 5.88. The number of hydrogen-bond acceptors (Lipinski definition) is 0. The van der Waals surface area contributed by atoms with Crippen molar-refractivity contribution >= 4 is 12.2 Å². The number of unbranched alkanes of at least 4 members (excludes halogenated alkanes) is 2. The Morgan fingerprint density at radius 3 is 2.03 bits per heavy atom. The second-order valence-corrected chi connectivity index (χ2v) is 7.91. The second kappa shape index (κ2) is 11.0. The SMILES string of the molecule is CCCCCc1ccc(-c2ccc(/C=C/c3ccc(CCC)c(F)c3F)cc2)cc1F. The zero-order chi connectivity index (χ0) is 22.2. The van der Waals surface area contributed by atoms with Gasteiger partial charge in [0.2, 0.25) is 0 Å². The van der Waals surface area contributed by atoms with E-state index in [2.05, 4.69) is 6.92 Å². The quantitative estimate of drug-likeness (QED) is 0.239. The molecule has 0 spiro atoms. The van der Waals surface area contributed by atoms with Gasteiger partial charge in [-0.15, -0.1) is 0 Å². The summed E-state index contributed by atoms with van der Waals surface area (Å²) in [5.41, 5.74) is 3.99. The van der Waals surface area contributed by atoms with E-state index in [1.165, 1.54) is 0 Å². The standard InChI is InChI=1S/C28H29F3/c1-3-5-6-8-22-15-18-25(19-26(22)29)21-12-9-20(10-13-21)11-14-24-17-16-23(7-4-2)27(30)28(24)31/h9-19H,3-8H2,1-2H3/b14-11+. The Morgan fingerprint density at radius 2 is 1.35 bits per heavy atom. The minimum atomic E-state index is -0.812. The molecule has 0 heterocycles. The summed E-state index contributed by atoms with van der Waals surface area (Å²) >= 11 is 0. The molecule has 0 saturated carbocycles. The first-order chi connectivity index (χ1) is 15.0. The van der Waals surface area contributed by atoms with Crippen molar-refractivity contribution in [3.8, 4) is 11.1 Å². The molecule has 162 valence electrons. The molecule has 0 aromatic heterocycles. The lowest BCUT2D eigenvalue weighted by atomic mass is 9.99. The van der Waals surface area contributed by atoms with E-state index in [9.17, 15) is 13.2 Å². The summed E-state index contributed by atoms with van der Waals surface area (Å²) < 4.78 is 42.8. The zero-order valence-corrected chi connectivity index (χ0v) is 18.2. The predicted octanol–water partition coefficient (Wildman–Crippen LogP) is 8.63. The molecule has 0 saturated heterocycles. The molecular formula is C28H29F3. The summed E-state index contributed by atoms with van der Waals surface area (Å²) in [4.78, 5) is 0. The molecule has 0 aliphatic heterocycles. The molecule has 0 atom stereocenters. The third-order valence-corrected chi connectivity index (χ3v) is 5.51. The maximum absolute atomic E-state index is 14.4. The van der Waals surface area contributed by atoms with Crippen LogP contribution in [0.15, 0.2) is 54.6 Å². The topological polar surface area (TPSA) is 0 Å². The summed E-state index contributed by atoms with van der Waals surface area (Å²) in [6.07, 6.45) is 8.60. The van der Waals surface area contributed by atoms with Crippen molar-refractivity contribution in [2.45, 2.75) is 52.4 Å². The molecule has 0 unspecified atom stereocenters. The molecule has 3 heteroatoms. The molecule has 0 amide bonds. The molecule has 0 nitrogen and oxygen atoms in total. The highest BCUT2D eigenvalue weighted by molar-refractivity contribution is 5.72. The van der Waals surface area contributed by atoms with Crippen LogP contribution in [0.5, 0.6) is 0 Å². The summed E-state index contributed by atoms with van der Waals surface area (Å²) in [6.45, 7) is 4.07. The maximum Gasteiger partial charge on any atom is 0.166 e. The van der Waals surface area contributed by atoms with Gasteiger partial charge in [0.15, 0.2) is 11.6 Å². The van der Waals surface area contributed by atoms with Crippen LogP contribution in [-0.2, 0) is 12.8 Å². The highest BCUT2D eigenvalue weighted by Gasteiger charge is 2.11. The van der Waals surface area contributed by atoms with Crippen LogP contribution in [0.3, 0.4) is 0 Å². The third-order valence-electron chi connectivity index (χ3n) is 5.51. The number of benzene rings is 3.